The number of carbonyl (C=O) groups excluding carboxylic acids is 1. The van der Waals surface area contributed by atoms with E-state index in [4.69, 9.17) is 0 Å². The molecule has 2 rings (SSSR count). The number of benzene rings is 1. The highest BCUT2D eigenvalue weighted by molar-refractivity contribution is 5.97. The second-order valence-corrected chi connectivity index (χ2v) is 4.49. The van der Waals surface area contributed by atoms with Crippen LogP contribution in [0.1, 0.15) is 35.9 Å². The summed E-state index contributed by atoms with van der Waals surface area (Å²) in [7, 11) is 0. The van der Waals surface area contributed by atoms with Crippen molar-refractivity contribution >= 4 is 5.78 Å². The molecule has 2 aromatic rings. The quantitative estimate of drug-likeness (QED) is 0.777. The highest BCUT2D eigenvalue weighted by atomic mass is 19.1. The molecule has 0 unspecified atom stereocenters. The van der Waals surface area contributed by atoms with Crippen LogP contribution in [-0.4, -0.2) is 15.6 Å². The van der Waals surface area contributed by atoms with Crippen LogP contribution in [0.2, 0.25) is 0 Å². The third-order valence-corrected chi connectivity index (χ3v) is 2.68. The number of ketones is 1. The molecule has 1 heterocycles. The lowest BCUT2D eigenvalue weighted by Crippen LogP contribution is -2.06. The van der Waals surface area contributed by atoms with Gasteiger partial charge < -0.3 is 0 Å². The minimum absolute atomic E-state index is 0.122. The molecule has 0 amide bonds. The number of hydrogen-bond donors (Lipinski definition) is 0. The lowest BCUT2D eigenvalue weighted by molar-refractivity contribution is 0.0991. The van der Waals surface area contributed by atoms with Gasteiger partial charge in [0.1, 0.15) is 5.82 Å². The maximum absolute atomic E-state index is 13.0. The third kappa shape index (κ3) is 2.83. The van der Waals surface area contributed by atoms with Crippen LogP contribution in [0.4, 0.5) is 4.39 Å². The van der Waals surface area contributed by atoms with E-state index in [-0.39, 0.29) is 18.2 Å². The van der Waals surface area contributed by atoms with Crippen molar-refractivity contribution in [1.29, 1.82) is 0 Å². The Kier molecular flexibility index (Phi) is 3.55. The summed E-state index contributed by atoms with van der Waals surface area (Å²) in [5, 5.41) is 4.30. The fourth-order valence-electron chi connectivity index (χ4n) is 1.69. The monoisotopic (exact) mass is 246 g/mol. The molecule has 18 heavy (non-hydrogen) atoms. The number of nitrogens with zero attached hydrogens (tertiary/aromatic N) is 2. The van der Waals surface area contributed by atoms with Crippen molar-refractivity contribution in [2.24, 2.45) is 0 Å². The van der Waals surface area contributed by atoms with Crippen LogP contribution >= 0.6 is 0 Å². The summed E-state index contributed by atoms with van der Waals surface area (Å²) in [6.45, 7) is 4.04. The van der Waals surface area contributed by atoms with Gasteiger partial charge in [0, 0.05) is 17.8 Å². The van der Waals surface area contributed by atoms with Crippen LogP contribution in [-0.2, 0) is 6.42 Å². The second-order valence-electron chi connectivity index (χ2n) is 4.49. The predicted octanol–water partition coefficient (Wildman–Crippen LogP) is 3.03. The average Bonchev–Trinajstić information content (AvgIpc) is 2.77. The minimum atomic E-state index is -0.395. The lowest BCUT2D eigenvalue weighted by atomic mass is 10.1. The molecule has 0 atom stereocenters. The first kappa shape index (κ1) is 12.5. The van der Waals surface area contributed by atoms with Crippen molar-refractivity contribution in [2.45, 2.75) is 26.3 Å². The maximum atomic E-state index is 13.0. The number of halogens is 1. The Bertz CT molecular complexity index is 560. The van der Waals surface area contributed by atoms with Gasteiger partial charge in [-0.3, -0.25) is 9.48 Å². The predicted molar refractivity (Wildman–Crippen MR) is 67.0 cm³/mol. The van der Waals surface area contributed by atoms with Crippen LogP contribution < -0.4 is 0 Å². The van der Waals surface area contributed by atoms with Crippen LogP contribution in [0.3, 0.4) is 0 Å². The smallest absolute Gasteiger partial charge is 0.168 e. The normalized spacial score (nSPS) is 10.9. The van der Waals surface area contributed by atoms with E-state index in [1.807, 2.05) is 26.1 Å². The topological polar surface area (TPSA) is 34.9 Å². The summed E-state index contributed by atoms with van der Waals surface area (Å²) < 4.78 is 14.8. The SMILES string of the molecule is CC(C)n1ccc(CC(=O)c2cccc(F)c2)n1. The first-order valence-corrected chi connectivity index (χ1v) is 5.89. The number of rotatable bonds is 4. The molecule has 0 spiro atoms. The molecule has 0 bridgehead atoms. The van der Waals surface area contributed by atoms with E-state index in [9.17, 15) is 9.18 Å². The molecular formula is C14H15FN2O. The summed E-state index contributed by atoms with van der Waals surface area (Å²) in [4.78, 5) is 11.9. The molecule has 0 fully saturated rings. The van der Waals surface area contributed by atoms with E-state index < -0.39 is 5.82 Å². The molecule has 94 valence electrons. The van der Waals surface area contributed by atoms with Gasteiger partial charge in [0.15, 0.2) is 5.78 Å². The Morgan fingerprint density at radius 2 is 2.17 bits per heavy atom. The van der Waals surface area contributed by atoms with Crippen LogP contribution in [0.5, 0.6) is 0 Å². The zero-order valence-electron chi connectivity index (χ0n) is 10.4. The number of Topliss-reactive ketones (excluding diaryl/α,β-unsaturated/α-hetero) is 1. The molecule has 0 aliphatic carbocycles. The van der Waals surface area contributed by atoms with Crippen molar-refractivity contribution in [3.05, 3.63) is 53.6 Å². The molecule has 0 radical (unpaired) electrons. The molecule has 0 aliphatic heterocycles. The first-order valence-electron chi connectivity index (χ1n) is 5.89. The van der Waals surface area contributed by atoms with Crippen LogP contribution in [0, 0.1) is 5.82 Å². The van der Waals surface area contributed by atoms with Crippen molar-refractivity contribution in [1.82, 2.24) is 9.78 Å². The van der Waals surface area contributed by atoms with Crippen molar-refractivity contribution in [3.8, 4) is 0 Å². The summed E-state index contributed by atoms with van der Waals surface area (Å²) >= 11 is 0. The Morgan fingerprint density at radius 3 is 2.78 bits per heavy atom. The van der Waals surface area contributed by atoms with Gasteiger partial charge in [-0.2, -0.15) is 5.10 Å². The van der Waals surface area contributed by atoms with Gasteiger partial charge in [0.05, 0.1) is 12.1 Å². The molecule has 0 saturated carbocycles. The van der Waals surface area contributed by atoms with Gasteiger partial charge in [0.25, 0.3) is 0 Å². The molecule has 4 heteroatoms. The van der Waals surface area contributed by atoms with E-state index in [1.165, 1.54) is 18.2 Å². The highest BCUT2D eigenvalue weighted by Crippen LogP contribution is 2.10. The van der Waals surface area contributed by atoms with Gasteiger partial charge in [-0.1, -0.05) is 12.1 Å². The molecule has 0 aliphatic rings. The van der Waals surface area contributed by atoms with Gasteiger partial charge in [0.2, 0.25) is 0 Å². The zero-order chi connectivity index (χ0) is 13.1. The summed E-state index contributed by atoms with van der Waals surface area (Å²) in [5.74, 6) is -0.517. The van der Waals surface area contributed by atoms with Crippen LogP contribution in [0.25, 0.3) is 0 Å². The fraction of sp³-hybridized carbons (Fsp3) is 0.286. The van der Waals surface area contributed by atoms with Gasteiger partial charge in [-0.25, -0.2) is 4.39 Å². The van der Waals surface area contributed by atoms with Crippen molar-refractivity contribution in [2.75, 3.05) is 0 Å². The second kappa shape index (κ2) is 5.12. The largest absolute Gasteiger partial charge is 0.294 e. The standard InChI is InChI=1S/C14H15FN2O/c1-10(2)17-7-6-13(16-17)9-14(18)11-4-3-5-12(15)8-11/h3-8,10H,9H2,1-2H3. The van der Waals surface area contributed by atoms with E-state index in [0.29, 0.717) is 11.3 Å². The summed E-state index contributed by atoms with van der Waals surface area (Å²) in [5.41, 5.74) is 1.09. The summed E-state index contributed by atoms with van der Waals surface area (Å²) in [6, 6.07) is 7.81. The fourth-order valence-corrected chi connectivity index (χ4v) is 1.69. The number of hydrogen-bond acceptors (Lipinski definition) is 2. The van der Waals surface area contributed by atoms with E-state index in [2.05, 4.69) is 5.10 Å². The van der Waals surface area contributed by atoms with Crippen molar-refractivity contribution < 1.29 is 9.18 Å². The van der Waals surface area contributed by atoms with Crippen LogP contribution in [0.15, 0.2) is 36.5 Å². The lowest BCUT2D eigenvalue weighted by Gasteiger charge is -2.03. The van der Waals surface area contributed by atoms with Gasteiger partial charge in [-0.15, -0.1) is 0 Å². The Balaban J connectivity index is 2.11. The molecule has 0 N–H and O–H groups in total. The summed E-state index contributed by atoms with van der Waals surface area (Å²) in [6.07, 6.45) is 2.04. The molecule has 0 saturated heterocycles. The van der Waals surface area contributed by atoms with E-state index in [1.54, 1.807) is 10.7 Å². The number of aromatic nitrogens is 2. The Labute approximate surface area is 105 Å². The van der Waals surface area contributed by atoms with E-state index in [0.717, 1.165) is 0 Å². The molecule has 1 aromatic heterocycles. The third-order valence-electron chi connectivity index (χ3n) is 2.68. The van der Waals surface area contributed by atoms with Gasteiger partial charge in [-0.05, 0) is 32.0 Å². The number of carbonyl (C=O) groups is 1. The molecular weight excluding hydrogens is 231 g/mol. The molecule has 1 aromatic carbocycles. The maximum Gasteiger partial charge on any atom is 0.168 e. The Morgan fingerprint density at radius 1 is 1.39 bits per heavy atom. The average molecular weight is 246 g/mol. The first-order chi connectivity index (χ1) is 8.56. The van der Waals surface area contributed by atoms with E-state index >= 15 is 0 Å². The Hall–Kier alpha value is -1.97. The zero-order valence-corrected chi connectivity index (χ0v) is 10.4. The van der Waals surface area contributed by atoms with Gasteiger partial charge >= 0.3 is 0 Å². The van der Waals surface area contributed by atoms with Crippen molar-refractivity contribution in [3.63, 3.8) is 0 Å². The minimum Gasteiger partial charge on any atom is -0.294 e. The highest BCUT2D eigenvalue weighted by Gasteiger charge is 2.10. The molecule has 3 nitrogen and oxygen atoms in total.